The molecule has 0 saturated heterocycles. The van der Waals surface area contributed by atoms with Gasteiger partial charge in [0.15, 0.2) is 0 Å². The van der Waals surface area contributed by atoms with Crippen LogP contribution in [0.2, 0.25) is 0 Å². The third-order valence-corrected chi connectivity index (χ3v) is 11.7. The molecule has 7 unspecified atom stereocenters. The minimum absolute atomic E-state index is 0.562. The van der Waals surface area contributed by atoms with Gasteiger partial charge in [-0.1, -0.05) is 59.5 Å². The van der Waals surface area contributed by atoms with Crippen molar-refractivity contribution in [2.45, 2.75) is 118 Å². The van der Waals surface area contributed by atoms with Crippen molar-refractivity contribution >= 4 is 0 Å². The van der Waals surface area contributed by atoms with Gasteiger partial charge in [-0.25, -0.2) is 0 Å². The first-order valence-corrected chi connectivity index (χ1v) is 13.5. The van der Waals surface area contributed by atoms with E-state index in [-0.39, 0.29) is 0 Å². The molecule has 4 fully saturated rings. The highest BCUT2D eigenvalue weighted by atomic mass is 14.7. The lowest BCUT2D eigenvalue weighted by molar-refractivity contribution is -0.172. The maximum atomic E-state index is 8.67. The van der Waals surface area contributed by atoms with Crippen molar-refractivity contribution < 1.29 is 0 Å². The van der Waals surface area contributed by atoms with Crippen LogP contribution >= 0.6 is 0 Å². The molecule has 0 radical (unpaired) electrons. The highest BCUT2D eigenvalue weighted by Gasteiger charge is 2.65. The van der Waals surface area contributed by atoms with E-state index < -0.39 is 0 Å². The van der Waals surface area contributed by atoms with Crippen LogP contribution < -0.4 is 0 Å². The number of allylic oxidation sites excluding steroid dienone is 2. The molecule has 0 aliphatic heterocycles. The van der Waals surface area contributed by atoms with E-state index in [0.717, 1.165) is 36.0 Å². The van der Waals surface area contributed by atoms with E-state index in [2.05, 4.69) is 39.8 Å². The molecule has 4 saturated carbocycles. The second kappa shape index (κ2) is 8.64. The summed E-state index contributed by atoms with van der Waals surface area (Å²) in [6.45, 7) is 10.7. The average molecular weight is 410 g/mol. The van der Waals surface area contributed by atoms with Crippen LogP contribution in [0.15, 0.2) is 12.2 Å². The minimum atomic E-state index is 0.562. The van der Waals surface area contributed by atoms with Crippen molar-refractivity contribution in [1.29, 1.82) is 5.26 Å². The fourth-order valence-electron chi connectivity index (χ4n) is 9.77. The summed E-state index contributed by atoms with van der Waals surface area (Å²) in [6, 6.07) is 2.12. The maximum Gasteiger partial charge on any atom is 0.0908 e. The van der Waals surface area contributed by atoms with Gasteiger partial charge in [0.05, 0.1) is 6.07 Å². The molecule has 0 aromatic heterocycles. The molecule has 168 valence electrons. The molecule has 1 heteroatoms. The van der Waals surface area contributed by atoms with E-state index in [9.17, 15) is 0 Å². The second-order valence-corrected chi connectivity index (χ2v) is 12.4. The number of hydrogen-bond donors (Lipinski definition) is 0. The number of unbranched alkanes of at least 4 members (excludes halogenated alkanes) is 2. The average Bonchev–Trinajstić information content (AvgIpc) is 3.01. The zero-order valence-corrected chi connectivity index (χ0v) is 20.4. The number of nitrogens with zero attached hydrogens (tertiary/aromatic N) is 1. The fraction of sp³-hybridized carbons (Fsp3) is 0.897. The van der Waals surface area contributed by atoms with E-state index in [1.807, 2.05) is 0 Å². The number of nitriles is 1. The molecular formula is C29H47N. The molecule has 0 aromatic carbocycles. The fourth-order valence-corrected chi connectivity index (χ4v) is 9.77. The quantitative estimate of drug-likeness (QED) is 0.318. The number of hydrogen-bond acceptors (Lipinski definition) is 1. The van der Waals surface area contributed by atoms with Crippen LogP contribution in [0.3, 0.4) is 0 Å². The number of rotatable bonds is 6. The normalized spacial score (nSPS) is 48.0. The lowest BCUT2D eigenvalue weighted by Gasteiger charge is -2.66. The van der Waals surface area contributed by atoms with Gasteiger partial charge >= 0.3 is 0 Å². The first-order valence-electron chi connectivity index (χ1n) is 13.5. The first kappa shape index (κ1) is 22.4. The van der Waals surface area contributed by atoms with Crippen LogP contribution in [0.5, 0.6) is 0 Å². The molecule has 4 aliphatic rings. The lowest BCUT2D eigenvalue weighted by atomic mass is 9.39. The Balaban J connectivity index is 1.50. The molecule has 1 nitrogen and oxygen atoms in total. The van der Waals surface area contributed by atoms with Gasteiger partial charge in [-0.3, -0.25) is 0 Å². The first-order chi connectivity index (χ1) is 14.4. The van der Waals surface area contributed by atoms with Gasteiger partial charge in [0.1, 0.15) is 0 Å². The Bertz CT molecular complexity index is 672. The molecule has 4 aliphatic carbocycles. The van der Waals surface area contributed by atoms with Crippen LogP contribution in [0, 0.1) is 57.2 Å². The summed E-state index contributed by atoms with van der Waals surface area (Å²) >= 11 is 0. The van der Waals surface area contributed by atoms with E-state index >= 15 is 0 Å². The van der Waals surface area contributed by atoms with Crippen molar-refractivity contribution in [3.05, 3.63) is 12.2 Å². The summed E-state index contributed by atoms with van der Waals surface area (Å²) in [6.07, 6.45) is 23.7. The van der Waals surface area contributed by atoms with Gasteiger partial charge in [-0.2, -0.15) is 5.26 Å². The third kappa shape index (κ3) is 3.40. The molecule has 0 bridgehead atoms. The predicted octanol–water partition coefficient (Wildman–Crippen LogP) is 8.70. The zero-order valence-electron chi connectivity index (χ0n) is 20.4. The molecular weight excluding hydrogens is 362 g/mol. The Morgan fingerprint density at radius 2 is 1.70 bits per heavy atom. The summed E-state index contributed by atoms with van der Waals surface area (Å²) in [5.41, 5.74) is 1.77. The van der Waals surface area contributed by atoms with Gasteiger partial charge in [0, 0.05) is 6.08 Å². The smallest absolute Gasteiger partial charge is 0.0908 e. The Labute approximate surface area is 187 Å². The van der Waals surface area contributed by atoms with E-state index in [4.69, 9.17) is 5.26 Å². The van der Waals surface area contributed by atoms with Crippen LogP contribution in [-0.4, -0.2) is 0 Å². The van der Waals surface area contributed by atoms with Gasteiger partial charge in [0.25, 0.3) is 0 Å². The molecule has 0 amide bonds. The minimum Gasteiger partial charge on any atom is -0.193 e. The summed E-state index contributed by atoms with van der Waals surface area (Å²) in [4.78, 5) is 0. The molecule has 30 heavy (non-hydrogen) atoms. The van der Waals surface area contributed by atoms with Gasteiger partial charge in [0.2, 0.25) is 0 Å². The van der Waals surface area contributed by atoms with Crippen molar-refractivity contribution in [3.63, 3.8) is 0 Å². The van der Waals surface area contributed by atoms with Gasteiger partial charge in [-0.05, 0) is 110 Å². The molecule has 0 heterocycles. The lowest BCUT2D eigenvalue weighted by Crippen LogP contribution is -2.59. The molecule has 0 aromatic rings. The third-order valence-electron chi connectivity index (χ3n) is 11.7. The van der Waals surface area contributed by atoms with Crippen LogP contribution in [0.4, 0.5) is 0 Å². The van der Waals surface area contributed by atoms with Crippen molar-refractivity contribution in [1.82, 2.24) is 0 Å². The largest absolute Gasteiger partial charge is 0.193 e. The Kier molecular flexibility index (Phi) is 6.46. The van der Waals surface area contributed by atoms with Crippen LogP contribution in [-0.2, 0) is 0 Å². The van der Waals surface area contributed by atoms with Crippen molar-refractivity contribution in [2.24, 2.45) is 45.8 Å². The molecule has 0 spiro atoms. The van der Waals surface area contributed by atoms with E-state index in [1.165, 1.54) is 77.0 Å². The standard InChI is InChI=1S/C29H47N/c1-5-22-21-26-25(27(2)17-11-10-14-24(22)27)16-19-28(3)23(15-18-29(26,28)4)13-9-7-6-8-12-20-30/h8,12,22-26H,5-7,9-11,13-19,21H2,1-4H3/b12-8+/t22-,23?,24?,25?,26?,27?,28?,29?/m0/s1. The number of fused-ring (bicyclic) bond motifs is 5. The Morgan fingerprint density at radius 1 is 0.900 bits per heavy atom. The SMILES string of the molecule is CC[C@H]1CC2C(CCC3(C)C(CCCC/C=C/C#N)CCC23C)C2(C)CCCCC12. The van der Waals surface area contributed by atoms with E-state index in [1.54, 1.807) is 12.5 Å². The van der Waals surface area contributed by atoms with Gasteiger partial charge in [-0.15, -0.1) is 0 Å². The monoisotopic (exact) mass is 409 g/mol. The summed E-state index contributed by atoms with van der Waals surface area (Å²) in [7, 11) is 0. The van der Waals surface area contributed by atoms with Crippen molar-refractivity contribution in [3.8, 4) is 6.07 Å². The highest BCUT2D eigenvalue weighted by molar-refractivity contribution is 5.14. The summed E-state index contributed by atoms with van der Waals surface area (Å²) in [5.74, 6) is 4.91. The summed E-state index contributed by atoms with van der Waals surface area (Å²) in [5, 5.41) is 8.67. The van der Waals surface area contributed by atoms with Crippen LogP contribution in [0.1, 0.15) is 118 Å². The Morgan fingerprint density at radius 3 is 2.47 bits per heavy atom. The molecule has 0 N–H and O–H groups in total. The predicted molar refractivity (Wildman–Crippen MR) is 127 cm³/mol. The van der Waals surface area contributed by atoms with Gasteiger partial charge < -0.3 is 0 Å². The maximum absolute atomic E-state index is 8.67. The molecule has 8 atom stereocenters. The topological polar surface area (TPSA) is 23.8 Å². The summed E-state index contributed by atoms with van der Waals surface area (Å²) < 4.78 is 0. The van der Waals surface area contributed by atoms with Crippen molar-refractivity contribution in [2.75, 3.05) is 0 Å². The highest BCUT2D eigenvalue weighted by Crippen LogP contribution is 2.73. The molecule has 4 rings (SSSR count). The zero-order chi connectivity index (χ0) is 21.4. The van der Waals surface area contributed by atoms with E-state index in [0.29, 0.717) is 16.2 Å². The second-order valence-electron chi connectivity index (χ2n) is 12.4. The Hall–Kier alpha value is -0.770. The van der Waals surface area contributed by atoms with Crippen LogP contribution in [0.25, 0.3) is 0 Å².